The second-order valence-corrected chi connectivity index (χ2v) is 13.5. The third-order valence-electron chi connectivity index (χ3n) is 9.32. The van der Waals surface area contributed by atoms with E-state index >= 15 is 0 Å². The number of aliphatic hydroxyl groups excluding tert-OH is 4. The molecule has 0 spiro atoms. The molecule has 0 aromatic carbocycles. The van der Waals surface area contributed by atoms with Crippen molar-refractivity contribution in [3.63, 3.8) is 0 Å². The van der Waals surface area contributed by atoms with Crippen molar-refractivity contribution in [2.45, 2.75) is 175 Å². The number of ether oxygens (including phenoxy) is 5. The van der Waals surface area contributed by atoms with Crippen molar-refractivity contribution in [3.05, 3.63) is 0 Å². The molecule has 2 rings (SSSR count). The SMILES string of the molecule is CCC(C)O[C@H](CC)OC1C(C)C[C@@](C)(OC)CC(C)C(=O)C[C@@H](O)C(O)C(CC)OC(=O)C1C.CNC1CC(C)OC(O)C1.CO. The highest BCUT2D eigenvalue weighted by atomic mass is 16.7. The molecule has 0 amide bonds. The number of carbonyl (C=O) groups excluding carboxylic acids is 2. The molecule has 5 N–H and O–H groups in total. The number of nitrogens with one attached hydrogen (secondary N) is 1. The monoisotopic (exact) mass is 679 g/mol. The lowest BCUT2D eigenvalue weighted by atomic mass is 9.79. The van der Waals surface area contributed by atoms with Gasteiger partial charge in [0.25, 0.3) is 0 Å². The van der Waals surface area contributed by atoms with Crippen LogP contribution in [0.4, 0.5) is 0 Å². The molecule has 2 fully saturated rings. The van der Waals surface area contributed by atoms with Crippen LogP contribution in [0.5, 0.6) is 0 Å². The number of methoxy groups -OCH3 is 1. The largest absolute Gasteiger partial charge is 0.459 e. The van der Waals surface area contributed by atoms with Gasteiger partial charge in [-0.3, -0.25) is 9.59 Å². The molecule has 12 heteroatoms. The van der Waals surface area contributed by atoms with E-state index in [9.17, 15) is 19.8 Å². The van der Waals surface area contributed by atoms with Crippen molar-refractivity contribution in [1.29, 1.82) is 0 Å². The molecular formula is C35H69NO11. The van der Waals surface area contributed by atoms with E-state index < -0.39 is 54.5 Å². The summed E-state index contributed by atoms with van der Waals surface area (Å²) in [6.45, 7) is 17.3. The average Bonchev–Trinajstić information content (AvgIpc) is 3.04. The van der Waals surface area contributed by atoms with Crippen LogP contribution in [0.15, 0.2) is 0 Å². The Morgan fingerprint density at radius 2 is 1.62 bits per heavy atom. The minimum Gasteiger partial charge on any atom is -0.459 e. The van der Waals surface area contributed by atoms with E-state index in [0.29, 0.717) is 38.1 Å². The Bertz CT molecular complexity index is 853. The summed E-state index contributed by atoms with van der Waals surface area (Å²) >= 11 is 0. The van der Waals surface area contributed by atoms with Crippen molar-refractivity contribution >= 4 is 11.8 Å². The van der Waals surface area contributed by atoms with Gasteiger partial charge in [0.15, 0.2) is 12.6 Å². The fourth-order valence-corrected chi connectivity index (χ4v) is 6.22. The Hall–Kier alpha value is -1.22. The van der Waals surface area contributed by atoms with Crippen LogP contribution >= 0.6 is 0 Å². The first-order valence-electron chi connectivity index (χ1n) is 17.4. The lowest BCUT2D eigenvalue weighted by molar-refractivity contribution is -0.220. The molecule has 2 aliphatic heterocycles. The van der Waals surface area contributed by atoms with E-state index in [1.165, 1.54) is 0 Å². The Morgan fingerprint density at radius 3 is 2.11 bits per heavy atom. The highest BCUT2D eigenvalue weighted by Crippen LogP contribution is 2.34. The highest BCUT2D eigenvalue weighted by Gasteiger charge is 2.41. The summed E-state index contributed by atoms with van der Waals surface area (Å²) < 4.78 is 29.1. The molecule has 0 aromatic rings. The standard InChI is InChI=1S/C27H50O8.C7H15NO2.CH4O/c1-10-18(6)33-23(12-3)35-25-17(5)15-27(8,32-9)14-16(4)20(28)13-21(29)24(30)22(11-2)34-26(31)19(25)7;1-5-3-6(8-2)4-7(9)10-5;1-2/h16-19,21-25,29-30H,10-15H2,1-9H3;5-9H,3-4H2,1-2H3;2H,1H3/t16?,17?,18?,19?,21-,22?,23+,24?,25?,27+;;/m1../s1. The summed E-state index contributed by atoms with van der Waals surface area (Å²) in [5.41, 5.74) is -0.654. The number of hydrogen-bond donors (Lipinski definition) is 5. The van der Waals surface area contributed by atoms with Crippen LogP contribution in [0.3, 0.4) is 0 Å². The zero-order valence-electron chi connectivity index (χ0n) is 31.2. The number of Topliss-reactive ketones (excluding diaryl/α,β-unsaturated/α-hetero) is 1. The number of esters is 1. The van der Waals surface area contributed by atoms with E-state index in [2.05, 4.69) is 5.32 Å². The van der Waals surface area contributed by atoms with Crippen LogP contribution in [0, 0.1) is 17.8 Å². The number of aliphatic hydroxyl groups is 4. The van der Waals surface area contributed by atoms with Gasteiger partial charge in [-0.1, -0.05) is 34.6 Å². The number of ketones is 1. The van der Waals surface area contributed by atoms with Crippen LogP contribution < -0.4 is 5.32 Å². The first-order chi connectivity index (χ1) is 22.0. The molecule has 12 nitrogen and oxygen atoms in total. The molecule has 0 aliphatic carbocycles. The van der Waals surface area contributed by atoms with Crippen molar-refractivity contribution in [2.75, 3.05) is 21.3 Å². The van der Waals surface area contributed by atoms with Gasteiger partial charge in [-0.2, -0.15) is 0 Å². The van der Waals surface area contributed by atoms with Gasteiger partial charge in [0.05, 0.1) is 35.9 Å². The molecule has 47 heavy (non-hydrogen) atoms. The molecule has 13 atom stereocenters. The second kappa shape index (κ2) is 23.2. The van der Waals surface area contributed by atoms with E-state index in [4.69, 9.17) is 33.9 Å². The van der Waals surface area contributed by atoms with E-state index in [1.54, 1.807) is 21.0 Å². The molecule has 10 unspecified atom stereocenters. The van der Waals surface area contributed by atoms with Gasteiger partial charge >= 0.3 is 5.97 Å². The Morgan fingerprint density at radius 1 is 1.00 bits per heavy atom. The topological polar surface area (TPSA) is 173 Å². The first-order valence-corrected chi connectivity index (χ1v) is 17.4. The summed E-state index contributed by atoms with van der Waals surface area (Å²) in [6, 6.07) is 0.416. The number of carbonyl (C=O) groups is 2. The average molecular weight is 680 g/mol. The fourth-order valence-electron chi connectivity index (χ4n) is 6.22. The fraction of sp³-hybridized carbons (Fsp3) is 0.943. The van der Waals surface area contributed by atoms with Crippen LogP contribution in [0.2, 0.25) is 0 Å². The summed E-state index contributed by atoms with van der Waals surface area (Å²) in [5.74, 6) is -1.85. The summed E-state index contributed by atoms with van der Waals surface area (Å²) in [7, 11) is 4.53. The van der Waals surface area contributed by atoms with Crippen molar-refractivity contribution in [1.82, 2.24) is 5.32 Å². The van der Waals surface area contributed by atoms with Gasteiger partial charge in [0.1, 0.15) is 18.0 Å². The van der Waals surface area contributed by atoms with Crippen LogP contribution in [0.25, 0.3) is 0 Å². The summed E-state index contributed by atoms with van der Waals surface area (Å²) in [5, 5.41) is 40.5. The van der Waals surface area contributed by atoms with Gasteiger partial charge in [-0.05, 0) is 79.2 Å². The number of rotatable bonds is 9. The summed E-state index contributed by atoms with van der Waals surface area (Å²) in [6.07, 6.45) is -0.786. The third kappa shape index (κ3) is 15.9. The maximum Gasteiger partial charge on any atom is 0.311 e. The van der Waals surface area contributed by atoms with Gasteiger partial charge in [-0.25, -0.2) is 0 Å². The highest BCUT2D eigenvalue weighted by molar-refractivity contribution is 5.81. The molecule has 0 saturated carbocycles. The Kier molecular flexibility index (Phi) is 22.6. The molecule has 0 bridgehead atoms. The zero-order chi connectivity index (χ0) is 36.5. The van der Waals surface area contributed by atoms with E-state index in [1.807, 2.05) is 55.5 Å². The number of hydrogen-bond acceptors (Lipinski definition) is 12. The van der Waals surface area contributed by atoms with Crippen molar-refractivity contribution < 1.29 is 53.7 Å². The molecule has 2 saturated heterocycles. The second-order valence-electron chi connectivity index (χ2n) is 13.5. The molecule has 0 aromatic heterocycles. The van der Waals surface area contributed by atoms with Crippen LogP contribution in [-0.2, 0) is 33.3 Å². The maximum atomic E-state index is 13.2. The first kappa shape index (κ1) is 45.8. The van der Waals surface area contributed by atoms with Gasteiger partial charge < -0.3 is 49.4 Å². The van der Waals surface area contributed by atoms with Gasteiger partial charge in [-0.15, -0.1) is 0 Å². The van der Waals surface area contributed by atoms with E-state index in [0.717, 1.165) is 20.0 Å². The Labute approximate surface area is 284 Å². The lowest BCUT2D eigenvalue weighted by Crippen LogP contribution is -2.47. The zero-order valence-corrected chi connectivity index (χ0v) is 31.2. The smallest absolute Gasteiger partial charge is 0.311 e. The van der Waals surface area contributed by atoms with E-state index in [-0.39, 0.29) is 36.2 Å². The van der Waals surface area contributed by atoms with Gasteiger partial charge in [0.2, 0.25) is 0 Å². The van der Waals surface area contributed by atoms with Crippen LogP contribution in [-0.4, -0.2) is 114 Å². The lowest BCUT2D eigenvalue weighted by Gasteiger charge is -2.39. The predicted molar refractivity (Wildman–Crippen MR) is 181 cm³/mol. The molecule has 280 valence electrons. The molecular weight excluding hydrogens is 610 g/mol. The van der Waals surface area contributed by atoms with Gasteiger partial charge in [0, 0.05) is 39.0 Å². The predicted octanol–water partition coefficient (Wildman–Crippen LogP) is 3.73. The third-order valence-corrected chi connectivity index (χ3v) is 9.32. The quantitative estimate of drug-likeness (QED) is 0.177. The van der Waals surface area contributed by atoms with Crippen molar-refractivity contribution in [3.8, 4) is 0 Å². The normalized spacial score (nSPS) is 37.2. The van der Waals surface area contributed by atoms with Crippen molar-refractivity contribution in [2.24, 2.45) is 17.8 Å². The Balaban J connectivity index is 0.00000148. The molecule has 2 aliphatic rings. The van der Waals surface area contributed by atoms with Crippen LogP contribution in [0.1, 0.15) is 114 Å². The number of cyclic esters (lactones) is 1. The minimum absolute atomic E-state index is 0.00762. The minimum atomic E-state index is -1.36. The molecule has 0 radical (unpaired) electrons. The molecule has 2 heterocycles. The maximum absolute atomic E-state index is 13.2. The summed E-state index contributed by atoms with van der Waals surface area (Å²) in [4.78, 5) is 26.1.